The molecule has 1 aliphatic carbocycles. The van der Waals surface area contributed by atoms with Gasteiger partial charge in [0.15, 0.2) is 17.7 Å². The Kier molecular flexibility index (Phi) is 2.25. The van der Waals surface area contributed by atoms with Crippen molar-refractivity contribution in [3.05, 3.63) is 0 Å². The number of hydrogen-bond acceptors (Lipinski definition) is 6. The molecular weight excluding hydrogens is 168 g/mol. The Morgan fingerprint density at radius 2 is 1.17 bits per heavy atom. The summed E-state index contributed by atoms with van der Waals surface area (Å²) < 4.78 is 0. The molecule has 0 aliphatic heterocycles. The van der Waals surface area contributed by atoms with E-state index >= 15 is 0 Å². The highest BCUT2D eigenvalue weighted by atomic mass is 16.4. The Morgan fingerprint density at radius 3 is 1.50 bits per heavy atom. The molecule has 0 amide bonds. The van der Waals surface area contributed by atoms with Crippen molar-refractivity contribution in [3.8, 4) is 0 Å². The van der Waals surface area contributed by atoms with Crippen LogP contribution in [0.4, 0.5) is 0 Å². The average Bonchev–Trinajstić information content (AvgIpc) is 2.08. The van der Waals surface area contributed by atoms with Crippen molar-refractivity contribution in [2.45, 2.75) is 24.4 Å². The van der Waals surface area contributed by atoms with Crippen LogP contribution in [-0.4, -0.2) is 56.4 Å². The van der Waals surface area contributed by atoms with Gasteiger partial charge in [0.2, 0.25) is 0 Å². The summed E-state index contributed by atoms with van der Waals surface area (Å²) in [6, 6.07) is 0. The number of aliphatic hydroxyl groups excluding tert-OH is 4. The lowest BCUT2D eigenvalue weighted by atomic mass is 9.88. The number of ketones is 2. The molecule has 0 aromatic heterocycles. The lowest BCUT2D eigenvalue weighted by Crippen LogP contribution is -2.59. The number of carbonyl (C=O) groups is 2. The Labute approximate surface area is 67.1 Å². The van der Waals surface area contributed by atoms with Gasteiger partial charge in [-0.1, -0.05) is 0 Å². The molecule has 2 unspecified atom stereocenters. The zero-order chi connectivity index (χ0) is 9.46. The minimum Gasteiger partial charge on any atom is -0.387 e. The van der Waals surface area contributed by atoms with Gasteiger partial charge in [0, 0.05) is 0 Å². The molecule has 0 radical (unpaired) electrons. The first kappa shape index (κ1) is 9.27. The highest BCUT2D eigenvalue weighted by molar-refractivity contribution is 6.11. The van der Waals surface area contributed by atoms with Crippen molar-refractivity contribution >= 4 is 11.6 Å². The molecule has 6 heteroatoms. The Balaban J connectivity index is 2.91. The first-order chi connectivity index (χ1) is 5.46. The molecule has 0 aromatic carbocycles. The van der Waals surface area contributed by atoms with Crippen LogP contribution < -0.4 is 0 Å². The second kappa shape index (κ2) is 2.91. The molecule has 12 heavy (non-hydrogen) atoms. The van der Waals surface area contributed by atoms with E-state index in [2.05, 4.69) is 0 Å². The van der Waals surface area contributed by atoms with E-state index in [1.165, 1.54) is 0 Å². The summed E-state index contributed by atoms with van der Waals surface area (Å²) in [7, 11) is 0. The first-order valence-corrected chi connectivity index (χ1v) is 3.26. The maximum absolute atomic E-state index is 10.7. The monoisotopic (exact) mass is 176 g/mol. The van der Waals surface area contributed by atoms with Crippen molar-refractivity contribution in [1.82, 2.24) is 0 Å². The van der Waals surface area contributed by atoms with Gasteiger partial charge in [0.25, 0.3) is 0 Å². The maximum Gasteiger partial charge on any atom is 0.200 e. The molecule has 0 bridgehead atoms. The standard InChI is InChI=1S/C6H8O6/c7-1-2(8)4(10)6(12)5(11)3(1)9/h1-3,6-9,12H/t1?,2-,3+,6?. The highest BCUT2D eigenvalue weighted by Crippen LogP contribution is 2.13. The summed E-state index contributed by atoms with van der Waals surface area (Å²) in [4.78, 5) is 21.4. The van der Waals surface area contributed by atoms with Crippen LogP contribution in [0, 0.1) is 0 Å². The minimum absolute atomic E-state index is 1.18. The summed E-state index contributed by atoms with van der Waals surface area (Å²) in [5.41, 5.74) is 0. The van der Waals surface area contributed by atoms with E-state index in [-0.39, 0.29) is 0 Å². The molecule has 4 atom stereocenters. The molecule has 0 heterocycles. The van der Waals surface area contributed by atoms with E-state index in [0.717, 1.165) is 0 Å². The molecule has 0 aromatic rings. The summed E-state index contributed by atoms with van der Waals surface area (Å²) in [5.74, 6) is -2.37. The second-order valence-electron chi connectivity index (χ2n) is 2.59. The maximum atomic E-state index is 10.7. The van der Waals surface area contributed by atoms with Crippen LogP contribution in [0.1, 0.15) is 0 Å². The Hall–Kier alpha value is -0.820. The smallest absolute Gasteiger partial charge is 0.200 e. The predicted molar refractivity (Wildman–Crippen MR) is 34.0 cm³/mol. The topological polar surface area (TPSA) is 115 Å². The number of Topliss-reactive ketones (excluding diaryl/α,β-unsaturated/α-hetero) is 2. The summed E-state index contributed by atoms with van der Waals surface area (Å²) >= 11 is 0. The zero-order valence-corrected chi connectivity index (χ0v) is 5.91. The largest absolute Gasteiger partial charge is 0.387 e. The Bertz CT molecular complexity index is 202. The summed E-state index contributed by atoms with van der Waals surface area (Å²) in [5, 5.41) is 35.3. The van der Waals surface area contributed by atoms with Gasteiger partial charge in [-0.25, -0.2) is 0 Å². The highest BCUT2D eigenvalue weighted by Gasteiger charge is 2.47. The molecular formula is C6H8O6. The van der Waals surface area contributed by atoms with Crippen LogP contribution in [0.5, 0.6) is 0 Å². The Morgan fingerprint density at radius 1 is 0.833 bits per heavy atom. The van der Waals surface area contributed by atoms with Crippen molar-refractivity contribution in [1.29, 1.82) is 0 Å². The van der Waals surface area contributed by atoms with Crippen LogP contribution in [0.2, 0.25) is 0 Å². The molecule has 68 valence electrons. The lowest BCUT2D eigenvalue weighted by molar-refractivity contribution is -0.170. The van der Waals surface area contributed by atoms with Crippen molar-refractivity contribution in [2.75, 3.05) is 0 Å². The van der Waals surface area contributed by atoms with Crippen LogP contribution >= 0.6 is 0 Å². The molecule has 6 nitrogen and oxygen atoms in total. The third-order valence-electron chi connectivity index (χ3n) is 1.77. The van der Waals surface area contributed by atoms with Gasteiger partial charge in [-0.2, -0.15) is 0 Å². The molecule has 1 saturated carbocycles. The predicted octanol–water partition coefficient (Wildman–Crippen LogP) is -3.42. The van der Waals surface area contributed by atoms with Crippen LogP contribution in [0.3, 0.4) is 0 Å². The van der Waals surface area contributed by atoms with Gasteiger partial charge in [0.1, 0.15) is 18.3 Å². The van der Waals surface area contributed by atoms with Gasteiger partial charge in [-0.3, -0.25) is 9.59 Å². The first-order valence-electron chi connectivity index (χ1n) is 3.26. The fourth-order valence-corrected chi connectivity index (χ4v) is 0.973. The lowest BCUT2D eigenvalue weighted by Gasteiger charge is -2.28. The van der Waals surface area contributed by atoms with Crippen molar-refractivity contribution < 1.29 is 30.0 Å². The fourth-order valence-electron chi connectivity index (χ4n) is 0.973. The summed E-state index contributed by atoms with van der Waals surface area (Å²) in [6.07, 6.45) is -7.66. The van der Waals surface area contributed by atoms with Crippen LogP contribution in [-0.2, 0) is 9.59 Å². The summed E-state index contributed by atoms with van der Waals surface area (Å²) in [6.45, 7) is 0. The molecule has 1 aliphatic rings. The van der Waals surface area contributed by atoms with Gasteiger partial charge in [-0.15, -0.1) is 0 Å². The average molecular weight is 176 g/mol. The quantitative estimate of drug-likeness (QED) is 0.286. The van der Waals surface area contributed by atoms with E-state index in [9.17, 15) is 9.59 Å². The van der Waals surface area contributed by atoms with Gasteiger partial charge >= 0.3 is 0 Å². The molecule has 1 fully saturated rings. The van der Waals surface area contributed by atoms with Gasteiger partial charge in [-0.05, 0) is 0 Å². The van der Waals surface area contributed by atoms with E-state index < -0.39 is 36.0 Å². The fraction of sp³-hybridized carbons (Fsp3) is 0.667. The van der Waals surface area contributed by atoms with Crippen molar-refractivity contribution in [3.63, 3.8) is 0 Å². The third-order valence-corrected chi connectivity index (χ3v) is 1.77. The molecule has 4 N–H and O–H groups in total. The molecule has 1 rings (SSSR count). The number of rotatable bonds is 0. The number of hydrogen-bond donors (Lipinski definition) is 4. The molecule has 0 spiro atoms. The normalized spacial score (nSPS) is 43.3. The number of aliphatic hydroxyl groups is 4. The van der Waals surface area contributed by atoms with E-state index in [1.807, 2.05) is 0 Å². The SMILES string of the molecule is O=C1C(O)C(=O)[C@H](O)C(O)[C@@H]1O. The van der Waals surface area contributed by atoms with E-state index in [1.54, 1.807) is 0 Å². The van der Waals surface area contributed by atoms with Crippen LogP contribution in [0.25, 0.3) is 0 Å². The van der Waals surface area contributed by atoms with Gasteiger partial charge < -0.3 is 20.4 Å². The zero-order valence-electron chi connectivity index (χ0n) is 5.91. The molecule has 0 saturated heterocycles. The van der Waals surface area contributed by atoms with E-state index in [4.69, 9.17) is 20.4 Å². The second-order valence-corrected chi connectivity index (χ2v) is 2.59. The van der Waals surface area contributed by atoms with Crippen molar-refractivity contribution in [2.24, 2.45) is 0 Å². The van der Waals surface area contributed by atoms with Crippen LogP contribution in [0.15, 0.2) is 0 Å². The third kappa shape index (κ3) is 1.14. The number of carbonyl (C=O) groups excluding carboxylic acids is 2. The van der Waals surface area contributed by atoms with E-state index in [0.29, 0.717) is 0 Å². The van der Waals surface area contributed by atoms with Gasteiger partial charge in [0.05, 0.1) is 0 Å². The minimum atomic E-state index is -2.03.